The lowest BCUT2D eigenvalue weighted by Crippen LogP contribution is -2.58. The number of nitrogens with one attached hydrogen (secondary N) is 3. The first-order valence-corrected chi connectivity index (χ1v) is 21.8. The van der Waals surface area contributed by atoms with E-state index in [9.17, 15) is 33.6 Å². The van der Waals surface area contributed by atoms with Gasteiger partial charge in [0.1, 0.15) is 36.0 Å². The molecule has 3 N–H and O–H groups in total. The van der Waals surface area contributed by atoms with Crippen molar-refractivity contribution < 1.29 is 38.3 Å². The van der Waals surface area contributed by atoms with Crippen molar-refractivity contribution in [3.05, 3.63) is 0 Å². The van der Waals surface area contributed by atoms with E-state index in [1.807, 2.05) is 20.8 Å². The molecule has 3 aliphatic rings. The van der Waals surface area contributed by atoms with Gasteiger partial charge in [0.15, 0.2) is 0 Å². The van der Waals surface area contributed by atoms with Gasteiger partial charge >= 0.3 is 5.97 Å². The summed E-state index contributed by atoms with van der Waals surface area (Å²) in [5.74, 6) is -1.72. The van der Waals surface area contributed by atoms with Crippen molar-refractivity contribution in [1.29, 1.82) is 0 Å². The lowest BCUT2D eigenvalue weighted by atomic mass is 10.0. The molecule has 13 nitrogen and oxygen atoms in total. The lowest BCUT2D eigenvalue weighted by molar-refractivity contribution is -0.148. The average Bonchev–Trinajstić information content (AvgIpc) is 3.82. The predicted octanol–water partition coefficient (Wildman–Crippen LogP) is 3.92. The van der Waals surface area contributed by atoms with Gasteiger partial charge in [-0.1, -0.05) is 80.9 Å². The summed E-state index contributed by atoms with van der Waals surface area (Å²) in [4.78, 5) is 95.6. The van der Waals surface area contributed by atoms with Crippen molar-refractivity contribution in [2.75, 3.05) is 31.7 Å². The van der Waals surface area contributed by atoms with Crippen LogP contribution in [0, 0.1) is 5.92 Å². The number of unbranched alkanes of at least 4 members (excludes halogenated alkanes) is 7. The molecule has 3 saturated heterocycles. The zero-order valence-corrected chi connectivity index (χ0v) is 33.2. The Morgan fingerprint density at radius 1 is 0.788 bits per heavy atom. The minimum atomic E-state index is -1.00. The molecule has 0 aromatic carbocycles. The van der Waals surface area contributed by atoms with Crippen LogP contribution in [0.1, 0.15) is 124 Å². The van der Waals surface area contributed by atoms with E-state index in [1.54, 1.807) is 4.90 Å². The highest BCUT2D eigenvalue weighted by Crippen LogP contribution is 2.29. The maximum Gasteiger partial charge on any atom is 0.329 e. The third-order valence-corrected chi connectivity index (χ3v) is 12.4. The highest BCUT2D eigenvalue weighted by molar-refractivity contribution is 8.76. The number of carbonyl (C=O) groups is 7. The highest BCUT2D eigenvalue weighted by atomic mass is 33.1. The van der Waals surface area contributed by atoms with Gasteiger partial charge in [-0.15, -0.1) is 0 Å². The molecule has 0 saturated carbocycles. The Morgan fingerprint density at radius 3 is 1.98 bits per heavy atom. The SMILES string of the molecule is CCC(=O)CCCCCCCCCCC(=O)N[C@H]1CSSC[C@@H](C(=O)OC)NC(=O)[C@H](CC(C)C)NC(=O)[C@@H]2CCCN2C(=O)[C@@H]2CCCN2C1=O. The second-order valence-corrected chi connectivity index (χ2v) is 17.1. The van der Waals surface area contributed by atoms with Gasteiger partial charge in [0.05, 0.1) is 7.11 Å². The van der Waals surface area contributed by atoms with E-state index in [1.165, 1.54) is 33.6 Å². The highest BCUT2D eigenvalue weighted by Gasteiger charge is 2.44. The normalized spacial score (nSPS) is 24.9. The number of hydrogen-bond donors (Lipinski definition) is 3. The van der Waals surface area contributed by atoms with E-state index in [-0.39, 0.29) is 41.6 Å². The largest absolute Gasteiger partial charge is 0.467 e. The number of esters is 1. The summed E-state index contributed by atoms with van der Waals surface area (Å²) in [6.45, 7) is 6.51. The Kier molecular flexibility index (Phi) is 19.3. The Labute approximate surface area is 317 Å². The number of ether oxygens (including phenoxy) is 1. The lowest BCUT2D eigenvalue weighted by Gasteiger charge is -2.33. The predicted molar refractivity (Wildman–Crippen MR) is 203 cm³/mol. The Morgan fingerprint density at radius 2 is 1.37 bits per heavy atom. The van der Waals surface area contributed by atoms with Crippen LogP contribution in [0.2, 0.25) is 0 Å². The standard InChI is InChI=1S/C37H61N5O8S2/c1-5-26(43)16-12-10-8-6-7-9-11-13-19-32(44)38-28-23-51-52-24-29(37(49)50-4)40-33(45)27(22-25(2)3)39-34(46)30-17-14-20-41(30)36(48)31-18-15-21-42(31)35(28)47/h25,27-31H,5-24H2,1-4H3,(H,38,44)(H,39,46)(H,40,45)/t27-,28-,29-,30-,31-/m0/s1. The topological polar surface area (TPSA) is 171 Å². The minimum Gasteiger partial charge on any atom is -0.467 e. The number of methoxy groups -OCH3 is 1. The third kappa shape index (κ3) is 13.9. The molecule has 0 radical (unpaired) electrons. The summed E-state index contributed by atoms with van der Waals surface area (Å²) in [5, 5.41) is 8.54. The first kappa shape index (κ1) is 43.6. The Hall–Kier alpha value is -2.81. The van der Waals surface area contributed by atoms with Crippen LogP contribution in [0.4, 0.5) is 0 Å². The van der Waals surface area contributed by atoms with Crippen LogP contribution in [0.25, 0.3) is 0 Å². The fourth-order valence-corrected chi connectivity index (χ4v) is 9.36. The number of amides is 5. The molecule has 0 unspecified atom stereocenters. The second-order valence-electron chi connectivity index (χ2n) is 14.6. The molecule has 0 aliphatic carbocycles. The molecule has 0 aromatic rings. The summed E-state index contributed by atoms with van der Waals surface area (Å²) in [6.07, 6.45) is 12.0. The van der Waals surface area contributed by atoms with Gasteiger partial charge < -0.3 is 30.5 Å². The van der Waals surface area contributed by atoms with Crippen molar-refractivity contribution in [2.45, 2.75) is 154 Å². The molecule has 3 rings (SSSR count). The first-order valence-electron chi connectivity index (χ1n) is 19.3. The van der Waals surface area contributed by atoms with Gasteiger partial charge in [-0.25, -0.2) is 4.79 Å². The van der Waals surface area contributed by atoms with E-state index in [0.717, 1.165) is 44.9 Å². The second kappa shape index (κ2) is 23.1. The smallest absolute Gasteiger partial charge is 0.329 e. The average molecular weight is 768 g/mol. The molecule has 3 fully saturated rings. The summed E-state index contributed by atoms with van der Waals surface area (Å²) in [5.41, 5.74) is 0. The maximum absolute atomic E-state index is 14.1. The van der Waals surface area contributed by atoms with Gasteiger partial charge in [-0.3, -0.25) is 28.8 Å². The fourth-order valence-electron chi connectivity index (χ4n) is 7.05. The van der Waals surface area contributed by atoms with Crippen molar-refractivity contribution in [3.63, 3.8) is 0 Å². The minimum absolute atomic E-state index is 0.0583. The van der Waals surface area contributed by atoms with Crippen LogP contribution in [-0.4, -0.2) is 113 Å². The Bertz CT molecular complexity index is 1240. The fraction of sp³-hybridized carbons (Fsp3) is 0.811. The molecule has 5 atom stereocenters. The van der Waals surface area contributed by atoms with E-state index in [4.69, 9.17) is 4.74 Å². The molecule has 294 valence electrons. The molecular weight excluding hydrogens is 707 g/mol. The molecule has 3 aliphatic heterocycles. The summed E-state index contributed by atoms with van der Waals surface area (Å²) in [7, 11) is 3.81. The molecule has 0 aromatic heterocycles. The maximum atomic E-state index is 14.1. The summed E-state index contributed by atoms with van der Waals surface area (Å²) >= 11 is 0. The number of nitrogens with zero attached hydrogens (tertiary/aromatic N) is 2. The van der Waals surface area contributed by atoms with Crippen LogP contribution in [-0.2, 0) is 38.3 Å². The van der Waals surface area contributed by atoms with Crippen molar-refractivity contribution in [1.82, 2.24) is 25.8 Å². The monoisotopic (exact) mass is 767 g/mol. The number of ketones is 1. The van der Waals surface area contributed by atoms with Crippen molar-refractivity contribution >= 4 is 62.9 Å². The van der Waals surface area contributed by atoms with Crippen LogP contribution in [0.3, 0.4) is 0 Å². The molecule has 52 heavy (non-hydrogen) atoms. The van der Waals surface area contributed by atoms with Crippen LogP contribution < -0.4 is 16.0 Å². The number of rotatable bonds is 16. The van der Waals surface area contributed by atoms with Gasteiger partial charge in [0.2, 0.25) is 29.5 Å². The number of Topliss-reactive ketones (excluding diaryl/α,β-unsaturated/α-hetero) is 1. The van der Waals surface area contributed by atoms with Crippen LogP contribution >= 0.6 is 21.6 Å². The molecule has 3 heterocycles. The van der Waals surface area contributed by atoms with E-state index in [2.05, 4.69) is 16.0 Å². The van der Waals surface area contributed by atoms with Gasteiger partial charge in [0.25, 0.3) is 0 Å². The van der Waals surface area contributed by atoms with Crippen LogP contribution in [0.5, 0.6) is 0 Å². The third-order valence-electron chi connectivity index (χ3n) is 9.99. The quantitative estimate of drug-likeness (QED) is 0.119. The van der Waals surface area contributed by atoms with E-state index in [0.29, 0.717) is 70.2 Å². The molecular formula is C37H61N5O8S2. The van der Waals surface area contributed by atoms with Crippen molar-refractivity contribution in [2.24, 2.45) is 5.92 Å². The van der Waals surface area contributed by atoms with Crippen LogP contribution in [0.15, 0.2) is 0 Å². The molecule has 0 spiro atoms. The summed E-state index contributed by atoms with van der Waals surface area (Å²) < 4.78 is 4.96. The Balaban J connectivity index is 1.68. The first-order chi connectivity index (χ1) is 25.0. The van der Waals surface area contributed by atoms with Gasteiger partial charge in [-0.2, -0.15) is 0 Å². The van der Waals surface area contributed by atoms with Gasteiger partial charge in [0, 0.05) is 43.9 Å². The number of hydrogen-bond acceptors (Lipinski definition) is 10. The van der Waals surface area contributed by atoms with E-state index >= 15 is 0 Å². The molecule has 15 heteroatoms. The van der Waals surface area contributed by atoms with Gasteiger partial charge in [-0.05, 0) is 50.9 Å². The van der Waals surface area contributed by atoms with Crippen molar-refractivity contribution in [3.8, 4) is 0 Å². The molecule has 5 amide bonds. The van der Waals surface area contributed by atoms with E-state index < -0.39 is 48.0 Å². The number of fused-ring (bicyclic) bond motifs is 2. The summed E-state index contributed by atoms with van der Waals surface area (Å²) in [6, 6.07) is -4.33. The number of carbonyl (C=O) groups excluding carboxylic acids is 7. The zero-order valence-electron chi connectivity index (χ0n) is 31.6. The zero-order chi connectivity index (χ0) is 38.0. The molecule has 0 bridgehead atoms.